The van der Waals surface area contributed by atoms with Crippen molar-refractivity contribution in [3.05, 3.63) is 35.7 Å². The van der Waals surface area contributed by atoms with Gasteiger partial charge in [-0.05, 0) is 19.1 Å². The van der Waals surface area contributed by atoms with Crippen LogP contribution in [0.15, 0.2) is 24.3 Å². The number of hydrogen-bond donors (Lipinski definition) is 0. The van der Waals surface area contributed by atoms with Crippen molar-refractivity contribution in [2.45, 2.75) is 13.1 Å². The van der Waals surface area contributed by atoms with E-state index in [-0.39, 0.29) is 18.0 Å². The van der Waals surface area contributed by atoms with Gasteiger partial charge in [0.05, 0.1) is 6.61 Å². The summed E-state index contributed by atoms with van der Waals surface area (Å²) in [6, 6.07) is 7.50. The number of benzene rings is 1. The second-order valence-corrected chi connectivity index (χ2v) is 3.71. The third kappa shape index (κ3) is 2.42. The summed E-state index contributed by atoms with van der Waals surface area (Å²) >= 11 is 0. The van der Waals surface area contributed by atoms with E-state index in [1.165, 1.54) is 18.2 Å². The van der Waals surface area contributed by atoms with Crippen molar-refractivity contribution < 1.29 is 17.9 Å². The van der Waals surface area contributed by atoms with Gasteiger partial charge in [0.25, 0.3) is 0 Å². The predicted octanol–water partition coefficient (Wildman–Crippen LogP) is 2.56. The number of nitriles is 1. The fraction of sp³-hybridized carbons (Fsp3) is 0.250. The zero-order valence-corrected chi connectivity index (χ0v) is 10.3. The van der Waals surface area contributed by atoms with E-state index >= 15 is 0 Å². The van der Waals surface area contributed by atoms with Crippen molar-refractivity contribution in [2.75, 3.05) is 6.61 Å². The van der Waals surface area contributed by atoms with Crippen LogP contribution in [0.25, 0.3) is 5.69 Å². The summed E-state index contributed by atoms with van der Waals surface area (Å²) in [7, 11) is 0. The zero-order valence-electron chi connectivity index (χ0n) is 10.3. The Bertz CT molecular complexity index is 657. The van der Waals surface area contributed by atoms with Gasteiger partial charge in [-0.15, -0.1) is 5.10 Å². The smallest absolute Gasteiger partial charge is 0.436 e. The summed E-state index contributed by atoms with van der Waals surface area (Å²) in [5, 5.41) is 15.4. The van der Waals surface area contributed by atoms with Crippen molar-refractivity contribution in [3.63, 3.8) is 0 Å². The van der Waals surface area contributed by atoms with Crippen LogP contribution in [-0.2, 0) is 6.18 Å². The Kier molecular flexibility index (Phi) is 3.61. The van der Waals surface area contributed by atoms with Gasteiger partial charge in [-0.1, -0.05) is 17.3 Å². The van der Waals surface area contributed by atoms with Crippen LogP contribution in [0.3, 0.4) is 0 Å². The van der Waals surface area contributed by atoms with E-state index in [1.807, 2.05) is 0 Å². The molecule has 0 saturated heterocycles. The minimum atomic E-state index is -4.74. The molecule has 0 bridgehead atoms. The number of nitrogens with zero attached hydrogens (tertiary/aromatic N) is 4. The van der Waals surface area contributed by atoms with Crippen LogP contribution in [0.4, 0.5) is 13.2 Å². The Morgan fingerprint density at radius 3 is 2.65 bits per heavy atom. The SMILES string of the molecule is CCOc1ccccc1-n1nnc(C#N)c1C(F)(F)F. The summed E-state index contributed by atoms with van der Waals surface area (Å²) in [6.07, 6.45) is -4.74. The number of ether oxygens (including phenoxy) is 1. The molecule has 20 heavy (non-hydrogen) atoms. The number of aromatic nitrogens is 3. The molecule has 0 saturated carbocycles. The molecule has 0 fully saturated rings. The van der Waals surface area contributed by atoms with Crippen LogP contribution in [-0.4, -0.2) is 21.6 Å². The highest BCUT2D eigenvalue weighted by Crippen LogP contribution is 2.34. The molecule has 8 heteroatoms. The van der Waals surface area contributed by atoms with E-state index in [9.17, 15) is 13.2 Å². The first-order valence-electron chi connectivity index (χ1n) is 5.64. The molecule has 0 aliphatic rings. The summed E-state index contributed by atoms with van der Waals surface area (Å²) in [6.45, 7) is 2.00. The van der Waals surface area contributed by atoms with Crippen molar-refractivity contribution in [1.29, 1.82) is 5.26 Å². The number of halogens is 3. The first-order valence-corrected chi connectivity index (χ1v) is 5.64. The summed E-state index contributed by atoms with van der Waals surface area (Å²) < 4.78 is 45.0. The maximum atomic E-state index is 13.0. The Hall–Kier alpha value is -2.56. The molecule has 1 heterocycles. The largest absolute Gasteiger partial charge is 0.492 e. The molecular formula is C12H9F3N4O. The lowest BCUT2D eigenvalue weighted by Gasteiger charge is -2.13. The maximum Gasteiger partial charge on any atom is 0.436 e. The van der Waals surface area contributed by atoms with Crippen molar-refractivity contribution in [2.24, 2.45) is 0 Å². The van der Waals surface area contributed by atoms with Gasteiger partial charge in [0.15, 0.2) is 11.4 Å². The summed E-state index contributed by atoms with van der Waals surface area (Å²) in [4.78, 5) is 0. The van der Waals surface area contributed by atoms with Crippen molar-refractivity contribution in [1.82, 2.24) is 15.0 Å². The minimum absolute atomic E-state index is 0.0793. The normalized spacial score (nSPS) is 11.2. The molecule has 0 spiro atoms. The highest BCUT2D eigenvalue weighted by molar-refractivity contribution is 5.48. The lowest BCUT2D eigenvalue weighted by molar-refractivity contribution is -0.143. The lowest BCUT2D eigenvalue weighted by atomic mass is 10.2. The van der Waals surface area contributed by atoms with E-state index < -0.39 is 17.6 Å². The summed E-state index contributed by atoms with van der Waals surface area (Å²) in [5.41, 5.74) is -1.91. The van der Waals surface area contributed by atoms with E-state index in [0.717, 1.165) is 0 Å². The topological polar surface area (TPSA) is 63.7 Å². The predicted molar refractivity (Wildman–Crippen MR) is 62.2 cm³/mol. The van der Waals surface area contributed by atoms with Crippen LogP contribution in [0, 0.1) is 11.3 Å². The molecule has 1 aromatic heterocycles. The average Bonchev–Trinajstić information content (AvgIpc) is 2.83. The van der Waals surface area contributed by atoms with Crippen LogP contribution in [0.2, 0.25) is 0 Å². The van der Waals surface area contributed by atoms with Crippen LogP contribution >= 0.6 is 0 Å². The quantitative estimate of drug-likeness (QED) is 0.867. The van der Waals surface area contributed by atoms with Crippen LogP contribution in [0.5, 0.6) is 5.75 Å². The van der Waals surface area contributed by atoms with Crippen molar-refractivity contribution >= 4 is 0 Å². The van der Waals surface area contributed by atoms with Gasteiger partial charge in [-0.25, -0.2) is 4.68 Å². The molecule has 2 aromatic rings. The van der Waals surface area contributed by atoms with E-state index in [4.69, 9.17) is 10.00 Å². The van der Waals surface area contributed by atoms with Gasteiger partial charge in [-0.3, -0.25) is 0 Å². The fourth-order valence-electron chi connectivity index (χ4n) is 1.69. The molecule has 1 aromatic carbocycles. The molecular weight excluding hydrogens is 273 g/mol. The van der Waals surface area contributed by atoms with Crippen molar-refractivity contribution in [3.8, 4) is 17.5 Å². The Balaban J connectivity index is 2.66. The van der Waals surface area contributed by atoms with Crippen LogP contribution < -0.4 is 4.74 Å². The van der Waals surface area contributed by atoms with Gasteiger partial charge >= 0.3 is 6.18 Å². The molecule has 0 N–H and O–H groups in total. The Morgan fingerprint density at radius 1 is 1.35 bits per heavy atom. The van der Waals surface area contributed by atoms with Crippen LogP contribution in [0.1, 0.15) is 18.3 Å². The second kappa shape index (κ2) is 5.21. The maximum absolute atomic E-state index is 13.0. The zero-order chi connectivity index (χ0) is 14.8. The third-order valence-corrected chi connectivity index (χ3v) is 2.44. The standard InChI is InChI=1S/C12H9F3N4O/c1-2-20-10-6-4-3-5-9(10)19-11(12(13,14)15)8(7-16)17-18-19/h3-6H,2H2,1H3. The first kappa shape index (κ1) is 13.9. The number of alkyl halides is 3. The third-order valence-electron chi connectivity index (χ3n) is 2.44. The fourth-order valence-corrected chi connectivity index (χ4v) is 1.69. The van der Waals surface area contributed by atoms with Gasteiger partial charge in [0.1, 0.15) is 17.5 Å². The molecule has 0 aliphatic heterocycles. The molecule has 5 nitrogen and oxygen atoms in total. The molecule has 0 unspecified atom stereocenters. The molecule has 104 valence electrons. The van der Waals surface area contributed by atoms with E-state index in [1.54, 1.807) is 19.1 Å². The molecule has 2 rings (SSSR count). The van der Waals surface area contributed by atoms with Gasteiger partial charge in [-0.2, -0.15) is 18.4 Å². The lowest BCUT2D eigenvalue weighted by Crippen LogP contribution is -2.15. The number of rotatable bonds is 3. The monoisotopic (exact) mass is 282 g/mol. The number of para-hydroxylation sites is 2. The van der Waals surface area contributed by atoms with E-state index in [0.29, 0.717) is 4.68 Å². The van der Waals surface area contributed by atoms with Gasteiger partial charge in [0.2, 0.25) is 0 Å². The Labute approximate surface area is 112 Å². The molecule has 0 aliphatic carbocycles. The first-order chi connectivity index (χ1) is 9.49. The highest BCUT2D eigenvalue weighted by atomic mass is 19.4. The van der Waals surface area contributed by atoms with Gasteiger partial charge < -0.3 is 4.74 Å². The minimum Gasteiger partial charge on any atom is -0.492 e. The summed E-state index contributed by atoms with van der Waals surface area (Å²) in [5.74, 6) is 0.231. The average molecular weight is 282 g/mol. The highest BCUT2D eigenvalue weighted by Gasteiger charge is 2.40. The Morgan fingerprint density at radius 2 is 2.05 bits per heavy atom. The molecule has 0 atom stereocenters. The number of hydrogen-bond acceptors (Lipinski definition) is 4. The second-order valence-electron chi connectivity index (χ2n) is 3.71. The van der Waals surface area contributed by atoms with E-state index in [2.05, 4.69) is 10.3 Å². The molecule has 0 radical (unpaired) electrons. The van der Waals surface area contributed by atoms with Gasteiger partial charge in [0, 0.05) is 0 Å². The molecule has 0 amide bonds.